The van der Waals surface area contributed by atoms with E-state index in [4.69, 9.17) is 28.7 Å². The van der Waals surface area contributed by atoms with Crippen LogP contribution >= 0.6 is 11.8 Å². The SMILES string of the molecule is CC1CN(CC(=O)N2CC(C)(C)c3ncc(Cc4ccc(F)cc4)cc32)CCN1.Cc1[nH]nc(Nc2ncnc3cc(OCCOCCOCCOCCOCC(=O)N4CCN(C)C(C)C4)c(SC(C)(C)C)cc23)c1C. The fourth-order valence-electron chi connectivity index (χ4n) is 9.17. The molecule has 3 aliphatic rings. The predicted molar refractivity (Wildman–Crippen MR) is 297 cm³/mol. The summed E-state index contributed by atoms with van der Waals surface area (Å²) < 4.78 is 41.7. The van der Waals surface area contributed by atoms with E-state index in [1.807, 2.05) is 35.9 Å². The van der Waals surface area contributed by atoms with Gasteiger partial charge in [-0.15, -0.1) is 11.8 Å². The number of ether oxygens (including phenoxy) is 5. The van der Waals surface area contributed by atoms with Gasteiger partial charge in [0.1, 0.15) is 36.9 Å². The van der Waals surface area contributed by atoms with E-state index in [2.05, 4.69) is 108 Å². The van der Waals surface area contributed by atoms with E-state index >= 15 is 0 Å². The number of piperazine rings is 2. The minimum Gasteiger partial charge on any atom is -0.490 e. The molecule has 5 aromatic rings. The number of aromatic nitrogens is 5. The second kappa shape index (κ2) is 27.3. The highest BCUT2D eigenvalue weighted by atomic mass is 32.2. The summed E-state index contributed by atoms with van der Waals surface area (Å²) in [5.41, 5.74) is 6.60. The summed E-state index contributed by atoms with van der Waals surface area (Å²) in [6, 6.07) is 13.4. The van der Waals surface area contributed by atoms with Gasteiger partial charge in [-0.25, -0.2) is 14.4 Å². The predicted octanol–water partition coefficient (Wildman–Crippen LogP) is 6.94. The Morgan fingerprint density at radius 3 is 2.20 bits per heavy atom. The number of halogens is 1. The lowest BCUT2D eigenvalue weighted by Crippen LogP contribution is -2.52. The molecule has 414 valence electrons. The zero-order valence-electron chi connectivity index (χ0n) is 46.3. The van der Waals surface area contributed by atoms with E-state index in [1.165, 1.54) is 12.1 Å². The number of anilines is 3. The largest absolute Gasteiger partial charge is 0.490 e. The maximum Gasteiger partial charge on any atom is 0.248 e. The third kappa shape index (κ3) is 16.8. The highest BCUT2D eigenvalue weighted by Crippen LogP contribution is 2.42. The first-order valence-electron chi connectivity index (χ1n) is 26.5. The Hall–Kier alpha value is -5.32. The summed E-state index contributed by atoms with van der Waals surface area (Å²) >= 11 is 1.73. The number of carbonyl (C=O) groups excluding carboxylic acids is 2. The summed E-state index contributed by atoms with van der Waals surface area (Å²) in [6.45, 7) is 28.8. The van der Waals surface area contributed by atoms with Crippen molar-refractivity contribution >= 4 is 51.8 Å². The van der Waals surface area contributed by atoms with Crippen molar-refractivity contribution in [3.05, 3.63) is 88.9 Å². The number of amides is 2. The van der Waals surface area contributed by atoms with Crippen molar-refractivity contribution in [1.82, 2.24) is 45.2 Å². The number of pyridine rings is 1. The summed E-state index contributed by atoms with van der Waals surface area (Å²) in [5.74, 6) is 2.12. The molecule has 0 radical (unpaired) electrons. The van der Waals surface area contributed by atoms with Crippen LogP contribution in [0.4, 0.5) is 21.7 Å². The molecule has 0 spiro atoms. The molecule has 6 heterocycles. The maximum absolute atomic E-state index is 13.2. The second-order valence-electron chi connectivity index (χ2n) is 21.6. The van der Waals surface area contributed by atoms with E-state index in [-0.39, 0.29) is 34.4 Å². The molecule has 2 saturated heterocycles. The monoisotopic (exact) mass is 1070 g/mol. The van der Waals surface area contributed by atoms with Crippen molar-refractivity contribution < 1.29 is 37.7 Å². The molecule has 0 saturated carbocycles. The molecule has 8 rings (SSSR count). The number of carbonyl (C=O) groups is 2. The Labute approximate surface area is 452 Å². The molecule has 2 aromatic carbocycles. The molecule has 0 bridgehead atoms. The minimum absolute atomic E-state index is 0.0297. The molecule has 3 N–H and O–H groups in total. The Kier molecular flexibility index (Phi) is 21.0. The fourth-order valence-corrected chi connectivity index (χ4v) is 10.2. The van der Waals surface area contributed by atoms with Crippen molar-refractivity contribution in [3.63, 3.8) is 0 Å². The number of benzene rings is 2. The molecule has 20 heteroatoms. The van der Waals surface area contributed by atoms with Gasteiger partial charge in [0.05, 0.1) is 74.6 Å². The number of fused-ring (bicyclic) bond motifs is 2. The van der Waals surface area contributed by atoms with Gasteiger partial charge in [0, 0.05) is 97.0 Å². The van der Waals surface area contributed by atoms with Gasteiger partial charge in [-0.1, -0.05) is 46.8 Å². The molecule has 3 aliphatic heterocycles. The zero-order chi connectivity index (χ0) is 54.4. The van der Waals surface area contributed by atoms with Crippen LogP contribution in [0.5, 0.6) is 5.75 Å². The smallest absolute Gasteiger partial charge is 0.248 e. The quantitative estimate of drug-likeness (QED) is 0.0478. The number of aryl methyl sites for hydroxylation is 1. The Balaban J connectivity index is 0.000000247. The Morgan fingerprint density at radius 2 is 1.54 bits per heavy atom. The lowest BCUT2D eigenvalue weighted by Gasteiger charge is -2.37. The molecule has 18 nitrogen and oxygen atoms in total. The maximum atomic E-state index is 13.2. The minimum atomic E-state index is -0.235. The van der Waals surface area contributed by atoms with Crippen molar-refractivity contribution in [2.75, 3.05) is 129 Å². The third-order valence-corrected chi connectivity index (χ3v) is 14.7. The van der Waals surface area contributed by atoms with Gasteiger partial charge in [-0.3, -0.25) is 24.6 Å². The van der Waals surface area contributed by atoms with Crippen LogP contribution in [0.25, 0.3) is 10.9 Å². The third-order valence-electron chi connectivity index (χ3n) is 13.6. The molecule has 2 amide bonds. The average Bonchev–Trinajstić information content (AvgIpc) is 3.85. The van der Waals surface area contributed by atoms with E-state index in [1.54, 1.807) is 30.2 Å². The first-order chi connectivity index (χ1) is 36.3. The average molecular weight is 1070 g/mol. The number of aromatic amines is 1. The van der Waals surface area contributed by atoms with Gasteiger partial charge in [0.25, 0.3) is 0 Å². The van der Waals surface area contributed by atoms with Crippen LogP contribution in [-0.4, -0.2) is 187 Å². The number of thioether (sulfide) groups is 1. The summed E-state index contributed by atoms with van der Waals surface area (Å²) in [5, 5.41) is 15.0. The van der Waals surface area contributed by atoms with Gasteiger partial charge in [0.15, 0.2) is 5.82 Å². The van der Waals surface area contributed by atoms with E-state index in [0.29, 0.717) is 90.3 Å². The van der Waals surface area contributed by atoms with E-state index < -0.39 is 0 Å². The summed E-state index contributed by atoms with van der Waals surface area (Å²) in [7, 11) is 2.08. The number of H-pyrrole nitrogens is 1. The molecular weight excluding hydrogens is 990 g/mol. The lowest BCUT2D eigenvalue weighted by atomic mass is 9.91. The number of likely N-dealkylation sites (N-methyl/N-ethyl adjacent to an activating group) is 1. The van der Waals surface area contributed by atoms with E-state index in [9.17, 15) is 14.0 Å². The number of hydrogen-bond donors (Lipinski definition) is 3. The van der Waals surface area contributed by atoms with Gasteiger partial charge >= 0.3 is 0 Å². The van der Waals surface area contributed by atoms with Crippen LogP contribution in [0.1, 0.15) is 76.5 Å². The molecule has 3 aromatic heterocycles. The van der Waals surface area contributed by atoms with Crippen LogP contribution < -0.4 is 20.3 Å². The zero-order valence-corrected chi connectivity index (χ0v) is 47.1. The molecule has 2 fully saturated rings. The molecule has 76 heavy (non-hydrogen) atoms. The van der Waals surface area contributed by atoms with Crippen molar-refractivity contribution in [2.45, 2.75) is 95.9 Å². The van der Waals surface area contributed by atoms with Gasteiger partial charge in [0.2, 0.25) is 11.8 Å². The number of hydrogen-bond acceptors (Lipinski definition) is 16. The van der Waals surface area contributed by atoms with Gasteiger partial charge in [-0.2, -0.15) is 5.10 Å². The van der Waals surface area contributed by atoms with Crippen molar-refractivity contribution in [2.24, 2.45) is 0 Å². The standard InChI is InChI=1S/C33H51N7O6S.C23H29FN4O/c1-23-20-40(9-8-39(23)7)30(41)21-45-15-14-43-11-10-42-12-13-44-16-17-46-28-19-27-26(18-29(28)47-33(4,5)6)32(35-22-34-27)36-31-24(2)25(3)37-38-31;1-16-13-27(9-8-25-16)14-21(29)28-15-23(2,3)22-20(28)11-18(12-26-22)10-17-4-6-19(24)7-5-17/h18-19,22-23H,8-17,20-21H2,1-7H3,(H2,34,35,36,37,38);4-7,11-12,16,25H,8-10,13-15H2,1-3H3. The summed E-state index contributed by atoms with van der Waals surface area (Å²) in [4.78, 5) is 48.5. The molecule has 2 atom stereocenters. The van der Waals surface area contributed by atoms with Crippen LogP contribution in [0.15, 0.2) is 59.9 Å². The Bertz CT molecular complexity index is 2690. The lowest BCUT2D eigenvalue weighted by molar-refractivity contribution is -0.139. The number of nitrogens with one attached hydrogen (secondary N) is 3. The number of rotatable bonds is 22. The summed E-state index contributed by atoms with van der Waals surface area (Å²) in [6.07, 6.45) is 4.09. The van der Waals surface area contributed by atoms with Crippen molar-refractivity contribution in [1.29, 1.82) is 0 Å². The highest BCUT2D eigenvalue weighted by Gasteiger charge is 2.40. The second-order valence-corrected chi connectivity index (χ2v) is 23.4. The van der Waals surface area contributed by atoms with Gasteiger partial charge < -0.3 is 49.0 Å². The van der Waals surface area contributed by atoms with E-state index in [0.717, 1.165) is 100 Å². The molecule has 0 aliphatic carbocycles. The first kappa shape index (κ1) is 58.4. The Morgan fingerprint density at radius 1 is 0.842 bits per heavy atom. The normalized spacial score (nSPS) is 17.9. The highest BCUT2D eigenvalue weighted by molar-refractivity contribution is 8.00. The van der Waals surface area contributed by atoms with Gasteiger partial charge in [-0.05, 0) is 76.6 Å². The topological polar surface area (TPSA) is 185 Å². The molecular formula is C56H80FN11O7S. The van der Waals surface area contributed by atoms with Crippen LogP contribution in [0.2, 0.25) is 0 Å². The molecule has 2 unspecified atom stereocenters. The fraction of sp³-hybridized carbons (Fsp3) is 0.571. The van der Waals surface area contributed by atoms with Crippen molar-refractivity contribution in [3.8, 4) is 5.75 Å². The number of nitrogens with zero attached hydrogens (tertiary/aromatic N) is 8. The van der Waals surface area contributed by atoms with Crippen LogP contribution in [-0.2, 0) is 40.4 Å². The first-order valence-corrected chi connectivity index (χ1v) is 27.3. The van der Waals surface area contributed by atoms with Crippen LogP contribution in [0.3, 0.4) is 0 Å². The van der Waals surface area contributed by atoms with Crippen LogP contribution in [0, 0.1) is 19.7 Å².